The number of hydrogen-bond acceptors (Lipinski definition) is 5. The van der Waals surface area contributed by atoms with Gasteiger partial charge < -0.3 is 14.8 Å². The summed E-state index contributed by atoms with van der Waals surface area (Å²) in [5.74, 6) is 1.01. The van der Waals surface area contributed by atoms with Gasteiger partial charge >= 0.3 is 0 Å². The highest BCUT2D eigenvalue weighted by atomic mass is 32.2. The largest absolute Gasteiger partial charge is 0.454 e. The zero-order valence-corrected chi connectivity index (χ0v) is 14.4. The van der Waals surface area contributed by atoms with E-state index in [9.17, 15) is 13.2 Å². The lowest BCUT2D eigenvalue weighted by atomic mass is 10.1. The number of benzene rings is 2. The van der Waals surface area contributed by atoms with E-state index in [1.807, 2.05) is 0 Å². The van der Waals surface area contributed by atoms with Gasteiger partial charge in [0, 0.05) is 19.5 Å². The first kappa shape index (κ1) is 17.1. The summed E-state index contributed by atoms with van der Waals surface area (Å²) in [5.41, 5.74) is 1.34. The van der Waals surface area contributed by atoms with Crippen molar-refractivity contribution in [1.82, 2.24) is 5.32 Å². The molecule has 0 saturated carbocycles. The van der Waals surface area contributed by atoms with Crippen LogP contribution in [0.2, 0.25) is 0 Å². The van der Waals surface area contributed by atoms with Crippen LogP contribution in [-0.4, -0.2) is 27.7 Å². The van der Waals surface area contributed by atoms with E-state index < -0.39 is 10.0 Å². The van der Waals surface area contributed by atoms with Gasteiger partial charge in [-0.1, -0.05) is 12.1 Å². The van der Waals surface area contributed by atoms with Gasteiger partial charge in [-0.2, -0.15) is 0 Å². The lowest BCUT2D eigenvalue weighted by molar-refractivity contribution is -0.118. The Balaban J connectivity index is 1.68. The molecular weight excluding hydrogens is 344 g/mol. The van der Waals surface area contributed by atoms with Crippen molar-refractivity contribution in [1.29, 1.82) is 0 Å². The molecule has 0 aliphatic carbocycles. The molecule has 7 nitrogen and oxygen atoms in total. The molecule has 0 aromatic heterocycles. The maximum Gasteiger partial charge on any atom is 0.261 e. The first-order chi connectivity index (χ1) is 11.9. The lowest BCUT2D eigenvalue weighted by Crippen LogP contribution is -2.22. The Kier molecular flexibility index (Phi) is 4.80. The molecule has 0 fully saturated rings. The van der Waals surface area contributed by atoms with E-state index in [1.54, 1.807) is 42.5 Å². The first-order valence-corrected chi connectivity index (χ1v) is 9.18. The minimum Gasteiger partial charge on any atom is -0.454 e. The molecule has 0 bridgehead atoms. The molecule has 1 aliphatic heterocycles. The number of nitrogens with one attached hydrogen (secondary N) is 2. The SMILES string of the molecule is CC(=O)NCCc1ccc(S(=O)(=O)Nc2ccc3c(c2)OCO3)cc1. The van der Waals surface area contributed by atoms with E-state index in [1.165, 1.54) is 6.92 Å². The van der Waals surface area contributed by atoms with Crippen molar-refractivity contribution in [2.24, 2.45) is 0 Å². The highest BCUT2D eigenvalue weighted by Crippen LogP contribution is 2.34. The minimum absolute atomic E-state index is 0.0906. The molecule has 0 saturated heterocycles. The summed E-state index contributed by atoms with van der Waals surface area (Å²) in [4.78, 5) is 11.0. The van der Waals surface area contributed by atoms with Crippen molar-refractivity contribution in [2.45, 2.75) is 18.2 Å². The average molecular weight is 362 g/mol. The van der Waals surface area contributed by atoms with Gasteiger partial charge in [0.05, 0.1) is 10.6 Å². The predicted molar refractivity (Wildman–Crippen MR) is 92.2 cm³/mol. The molecule has 1 aliphatic rings. The van der Waals surface area contributed by atoms with Crippen LogP contribution in [0.1, 0.15) is 12.5 Å². The van der Waals surface area contributed by atoms with Gasteiger partial charge in [0.1, 0.15) is 0 Å². The molecule has 0 unspecified atom stereocenters. The third-order valence-electron chi connectivity index (χ3n) is 3.65. The molecule has 8 heteroatoms. The summed E-state index contributed by atoms with van der Waals surface area (Å²) in [5, 5.41) is 2.70. The van der Waals surface area contributed by atoms with E-state index >= 15 is 0 Å². The van der Waals surface area contributed by atoms with Gasteiger partial charge in [0.15, 0.2) is 11.5 Å². The van der Waals surface area contributed by atoms with Gasteiger partial charge in [-0.05, 0) is 36.2 Å². The minimum atomic E-state index is -3.70. The van der Waals surface area contributed by atoms with Crippen LogP contribution in [0, 0.1) is 0 Å². The highest BCUT2D eigenvalue weighted by Gasteiger charge is 2.18. The third-order valence-corrected chi connectivity index (χ3v) is 5.04. The van der Waals surface area contributed by atoms with Gasteiger partial charge in [-0.15, -0.1) is 0 Å². The molecule has 2 N–H and O–H groups in total. The Morgan fingerprint density at radius 3 is 2.52 bits per heavy atom. The fourth-order valence-electron chi connectivity index (χ4n) is 2.39. The van der Waals surface area contributed by atoms with Crippen LogP contribution in [0.15, 0.2) is 47.4 Å². The van der Waals surface area contributed by atoms with Crippen LogP contribution < -0.4 is 19.5 Å². The zero-order chi connectivity index (χ0) is 17.9. The number of carbonyl (C=O) groups excluding carboxylic acids is 1. The number of sulfonamides is 1. The number of ether oxygens (including phenoxy) is 2. The summed E-state index contributed by atoms with van der Waals surface area (Å²) in [6, 6.07) is 11.4. The van der Waals surface area contributed by atoms with Crippen LogP contribution in [0.5, 0.6) is 11.5 Å². The molecule has 0 atom stereocenters. The summed E-state index contributed by atoms with van der Waals surface area (Å²) in [7, 11) is -3.70. The van der Waals surface area contributed by atoms with Crippen molar-refractivity contribution >= 4 is 21.6 Å². The van der Waals surface area contributed by atoms with Crippen LogP contribution in [0.25, 0.3) is 0 Å². The first-order valence-electron chi connectivity index (χ1n) is 7.70. The fourth-order valence-corrected chi connectivity index (χ4v) is 3.44. The van der Waals surface area contributed by atoms with E-state index in [0.717, 1.165) is 5.56 Å². The van der Waals surface area contributed by atoms with Gasteiger partial charge in [-0.25, -0.2) is 8.42 Å². The number of hydrogen-bond donors (Lipinski definition) is 2. The second-order valence-corrected chi connectivity index (χ2v) is 7.23. The van der Waals surface area contributed by atoms with Gasteiger partial charge in [0.25, 0.3) is 10.0 Å². The quantitative estimate of drug-likeness (QED) is 0.818. The number of carbonyl (C=O) groups is 1. The molecule has 25 heavy (non-hydrogen) atoms. The zero-order valence-electron chi connectivity index (χ0n) is 13.6. The van der Waals surface area contributed by atoms with Crippen molar-refractivity contribution < 1.29 is 22.7 Å². The molecular formula is C17H18N2O5S. The third kappa shape index (κ3) is 4.21. The van der Waals surface area contributed by atoms with Crippen molar-refractivity contribution in [3.63, 3.8) is 0 Å². The molecule has 1 amide bonds. The monoisotopic (exact) mass is 362 g/mol. The van der Waals surface area contributed by atoms with Crippen LogP contribution in [0.4, 0.5) is 5.69 Å². The topological polar surface area (TPSA) is 93.7 Å². The highest BCUT2D eigenvalue weighted by molar-refractivity contribution is 7.92. The molecule has 3 rings (SSSR count). The summed E-state index contributed by atoms with van der Waals surface area (Å²) >= 11 is 0. The van der Waals surface area contributed by atoms with Crippen LogP contribution >= 0.6 is 0 Å². The molecule has 2 aromatic rings. The fraction of sp³-hybridized carbons (Fsp3) is 0.235. The van der Waals surface area contributed by atoms with E-state index in [0.29, 0.717) is 30.2 Å². The van der Waals surface area contributed by atoms with E-state index in [4.69, 9.17) is 9.47 Å². The summed E-state index contributed by atoms with van der Waals surface area (Å²) < 4.78 is 37.9. The van der Waals surface area contributed by atoms with Crippen molar-refractivity contribution in [2.75, 3.05) is 18.1 Å². The predicted octanol–water partition coefficient (Wildman–Crippen LogP) is 1.89. The Labute approximate surface area is 146 Å². The lowest BCUT2D eigenvalue weighted by Gasteiger charge is -2.09. The molecule has 0 spiro atoms. The second kappa shape index (κ2) is 7.02. The Bertz CT molecular complexity index is 878. The normalized spacial score (nSPS) is 12.7. The van der Waals surface area contributed by atoms with Crippen LogP contribution in [0.3, 0.4) is 0 Å². The van der Waals surface area contributed by atoms with Gasteiger partial charge in [0.2, 0.25) is 12.7 Å². The average Bonchev–Trinajstić information content (AvgIpc) is 3.02. The van der Waals surface area contributed by atoms with E-state index in [-0.39, 0.29) is 17.6 Å². The summed E-state index contributed by atoms with van der Waals surface area (Å²) in [6.45, 7) is 2.10. The molecule has 2 aromatic carbocycles. The standard InChI is InChI=1S/C17H18N2O5S/c1-12(20)18-9-8-13-2-5-15(6-3-13)25(21,22)19-14-4-7-16-17(10-14)24-11-23-16/h2-7,10,19H,8-9,11H2,1H3,(H,18,20). The second-order valence-electron chi connectivity index (χ2n) is 5.55. The molecule has 0 radical (unpaired) electrons. The number of rotatable bonds is 6. The molecule has 132 valence electrons. The maximum absolute atomic E-state index is 12.5. The number of anilines is 1. The maximum atomic E-state index is 12.5. The summed E-state index contributed by atoms with van der Waals surface area (Å²) in [6.07, 6.45) is 0.634. The van der Waals surface area contributed by atoms with Crippen molar-refractivity contribution in [3.05, 3.63) is 48.0 Å². The van der Waals surface area contributed by atoms with Gasteiger partial charge in [-0.3, -0.25) is 9.52 Å². The molecule has 1 heterocycles. The van der Waals surface area contributed by atoms with Crippen molar-refractivity contribution in [3.8, 4) is 11.5 Å². The number of amides is 1. The Morgan fingerprint density at radius 2 is 1.80 bits per heavy atom. The Morgan fingerprint density at radius 1 is 1.08 bits per heavy atom. The Hall–Kier alpha value is -2.74. The van der Waals surface area contributed by atoms with E-state index in [2.05, 4.69) is 10.0 Å². The number of fused-ring (bicyclic) bond motifs is 1. The smallest absolute Gasteiger partial charge is 0.261 e. The van der Waals surface area contributed by atoms with Crippen LogP contribution in [-0.2, 0) is 21.2 Å².